The molecule has 126 valence electrons. The Bertz CT molecular complexity index is 742. The Labute approximate surface area is 143 Å². The van der Waals surface area contributed by atoms with Crippen LogP contribution in [-0.4, -0.2) is 29.2 Å². The predicted molar refractivity (Wildman–Crippen MR) is 96.2 cm³/mol. The number of nitrogens with zero attached hydrogens (tertiary/aromatic N) is 1. The molecule has 3 rings (SSSR count). The zero-order chi connectivity index (χ0) is 17.1. The number of aryl methyl sites for hydroxylation is 3. The van der Waals surface area contributed by atoms with E-state index >= 15 is 0 Å². The highest BCUT2D eigenvalue weighted by molar-refractivity contribution is 5.90. The molecule has 1 aliphatic carbocycles. The topological polar surface area (TPSA) is 52.6 Å². The summed E-state index contributed by atoms with van der Waals surface area (Å²) in [5.74, 6) is 0. The van der Waals surface area contributed by atoms with E-state index in [0.29, 0.717) is 6.54 Å². The molecule has 0 aromatic heterocycles. The zero-order valence-electron chi connectivity index (χ0n) is 14.2. The lowest BCUT2D eigenvalue weighted by Gasteiger charge is -2.29. The van der Waals surface area contributed by atoms with Gasteiger partial charge in [0.25, 0.3) is 0 Å². The summed E-state index contributed by atoms with van der Waals surface area (Å²) in [5, 5.41) is 12.4. The van der Waals surface area contributed by atoms with Crippen molar-refractivity contribution in [3.63, 3.8) is 0 Å². The number of hydrogen-bond donors (Lipinski definition) is 2. The lowest BCUT2D eigenvalue weighted by Crippen LogP contribution is -2.39. The van der Waals surface area contributed by atoms with Crippen LogP contribution in [0.4, 0.5) is 10.5 Å². The first-order valence-electron chi connectivity index (χ1n) is 8.43. The van der Waals surface area contributed by atoms with Crippen LogP contribution in [0.3, 0.4) is 0 Å². The summed E-state index contributed by atoms with van der Waals surface area (Å²) in [7, 11) is 0. The van der Waals surface area contributed by atoms with Crippen LogP contribution in [0.1, 0.15) is 34.7 Å². The number of aliphatic hydroxyl groups is 1. The van der Waals surface area contributed by atoms with E-state index in [-0.39, 0.29) is 18.7 Å². The number of nitrogens with one attached hydrogen (secondary N) is 1. The number of amides is 2. The number of fused-ring (bicyclic) bond motifs is 1. The number of anilines is 1. The Kier molecular flexibility index (Phi) is 4.86. The quantitative estimate of drug-likeness (QED) is 0.898. The highest BCUT2D eigenvalue weighted by atomic mass is 16.3. The molecule has 0 saturated heterocycles. The number of carbonyl (C=O) groups is 1. The van der Waals surface area contributed by atoms with Crippen LogP contribution in [0.25, 0.3) is 0 Å². The van der Waals surface area contributed by atoms with E-state index in [2.05, 4.69) is 24.4 Å². The minimum Gasteiger partial charge on any atom is -0.395 e. The number of aliphatic hydroxyl groups excluding tert-OH is 1. The molecule has 0 saturated carbocycles. The van der Waals surface area contributed by atoms with Gasteiger partial charge in [0.05, 0.1) is 12.6 Å². The van der Waals surface area contributed by atoms with Crippen LogP contribution in [0.5, 0.6) is 0 Å². The van der Waals surface area contributed by atoms with E-state index in [4.69, 9.17) is 0 Å². The van der Waals surface area contributed by atoms with Gasteiger partial charge >= 0.3 is 6.03 Å². The number of benzene rings is 2. The molecule has 2 aromatic carbocycles. The first kappa shape index (κ1) is 16.5. The summed E-state index contributed by atoms with van der Waals surface area (Å²) in [5.41, 5.74) is 5.63. The lowest BCUT2D eigenvalue weighted by atomic mass is 10.1. The molecule has 0 aliphatic heterocycles. The molecular weight excluding hydrogens is 300 g/mol. The van der Waals surface area contributed by atoms with Gasteiger partial charge in [0.2, 0.25) is 0 Å². The molecule has 2 N–H and O–H groups in total. The van der Waals surface area contributed by atoms with E-state index in [1.165, 1.54) is 16.7 Å². The fourth-order valence-corrected chi connectivity index (χ4v) is 3.38. The predicted octanol–water partition coefficient (Wildman–Crippen LogP) is 3.82. The van der Waals surface area contributed by atoms with Crippen molar-refractivity contribution in [2.45, 2.75) is 32.7 Å². The molecule has 1 unspecified atom stereocenters. The average molecular weight is 324 g/mol. The fraction of sp³-hybridized carbons (Fsp3) is 0.350. The molecule has 2 aromatic rings. The Balaban J connectivity index is 1.80. The molecule has 24 heavy (non-hydrogen) atoms. The van der Waals surface area contributed by atoms with E-state index in [1.54, 1.807) is 4.90 Å². The largest absolute Gasteiger partial charge is 0.395 e. The fourth-order valence-electron chi connectivity index (χ4n) is 3.38. The zero-order valence-corrected chi connectivity index (χ0v) is 14.2. The monoisotopic (exact) mass is 324 g/mol. The van der Waals surface area contributed by atoms with E-state index < -0.39 is 0 Å². The van der Waals surface area contributed by atoms with Crippen LogP contribution >= 0.6 is 0 Å². The average Bonchev–Trinajstić information content (AvgIpc) is 3.00. The van der Waals surface area contributed by atoms with Crippen molar-refractivity contribution in [3.8, 4) is 0 Å². The minimum absolute atomic E-state index is 0.0277. The van der Waals surface area contributed by atoms with Crippen LogP contribution in [-0.2, 0) is 6.42 Å². The lowest BCUT2D eigenvalue weighted by molar-refractivity contribution is 0.162. The summed E-state index contributed by atoms with van der Waals surface area (Å²) in [6.07, 6.45) is 1.87. The van der Waals surface area contributed by atoms with Gasteiger partial charge in [0.1, 0.15) is 0 Å². The highest BCUT2D eigenvalue weighted by Gasteiger charge is 2.30. The maximum Gasteiger partial charge on any atom is 0.322 e. The van der Waals surface area contributed by atoms with Gasteiger partial charge in [-0.25, -0.2) is 4.79 Å². The summed E-state index contributed by atoms with van der Waals surface area (Å²) in [4.78, 5) is 14.6. The van der Waals surface area contributed by atoms with Gasteiger partial charge in [-0.3, -0.25) is 0 Å². The van der Waals surface area contributed by atoms with Crippen molar-refractivity contribution in [3.05, 3.63) is 64.7 Å². The van der Waals surface area contributed by atoms with Crippen molar-refractivity contribution >= 4 is 11.7 Å². The van der Waals surface area contributed by atoms with Gasteiger partial charge in [0, 0.05) is 12.2 Å². The Morgan fingerprint density at radius 3 is 2.75 bits per heavy atom. The molecule has 0 fully saturated rings. The van der Waals surface area contributed by atoms with Gasteiger partial charge in [-0.2, -0.15) is 0 Å². The van der Waals surface area contributed by atoms with Crippen molar-refractivity contribution in [1.29, 1.82) is 0 Å². The smallest absolute Gasteiger partial charge is 0.322 e. The second-order valence-corrected chi connectivity index (χ2v) is 6.40. The molecule has 1 aliphatic rings. The van der Waals surface area contributed by atoms with E-state index in [1.807, 2.05) is 37.3 Å². The molecule has 0 spiro atoms. The summed E-state index contributed by atoms with van der Waals surface area (Å²) in [6, 6.07) is 14.0. The number of hydrogen-bond acceptors (Lipinski definition) is 2. The molecule has 2 amide bonds. The Hall–Kier alpha value is -2.33. The summed E-state index contributed by atoms with van der Waals surface area (Å²) in [6.45, 7) is 4.37. The SMILES string of the molecule is Cc1ccc(NC(=O)N(CCO)C2CCc3ccccc32)cc1C. The van der Waals surface area contributed by atoms with Gasteiger partial charge in [-0.15, -0.1) is 0 Å². The van der Waals surface area contributed by atoms with Gasteiger partial charge in [-0.1, -0.05) is 30.3 Å². The first-order valence-corrected chi connectivity index (χ1v) is 8.43. The van der Waals surface area contributed by atoms with Gasteiger partial charge in [-0.05, 0) is 61.1 Å². The van der Waals surface area contributed by atoms with E-state index in [0.717, 1.165) is 24.1 Å². The molecular formula is C20H24N2O2. The second-order valence-electron chi connectivity index (χ2n) is 6.40. The molecule has 4 heteroatoms. The highest BCUT2D eigenvalue weighted by Crippen LogP contribution is 2.35. The third kappa shape index (κ3) is 3.29. The second kappa shape index (κ2) is 7.05. The Morgan fingerprint density at radius 1 is 1.21 bits per heavy atom. The summed E-state index contributed by atoms with van der Waals surface area (Å²) >= 11 is 0. The first-order chi connectivity index (χ1) is 11.6. The van der Waals surface area contributed by atoms with Crippen LogP contribution < -0.4 is 5.32 Å². The van der Waals surface area contributed by atoms with Crippen molar-refractivity contribution in [1.82, 2.24) is 4.90 Å². The van der Waals surface area contributed by atoms with Gasteiger partial charge < -0.3 is 15.3 Å². The minimum atomic E-state index is -0.158. The van der Waals surface area contributed by atoms with Crippen LogP contribution in [0.2, 0.25) is 0 Å². The molecule has 0 bridgehead atoms. The van der Waals surface area contributed by atoms with Crippen molar-refractivity contribution in [2.75, 3.05) is 18.5 Å². The normalized spacial score (nSPS) is 15.9. The molecule has 0 heterocycles. The Morgan fingerprint density at radius 2 is 2.00 bits per heavy atom. The summed E-state index contributed by atoms with van der Waals surface area (Å²) < 4.78 is 0. The maximum absolute atomic E-state index is 12.8. The third-order valence-electron chi connectivity index (χ3n) is 4.84. The third-order valence-corrected chi connectivity index (χ3v) is 4.84. The number of carbonyl (C=O) groups excluding carboxylic acids is 1. The van der Waals surface area contributed by atoms with Gasteiger partial charge in [0.15, 0.2) is 0 Å². The van der Waals surface area contributed by atoms with Crippen LogP contribution in [0, 0.1) is 13.8 Å². The number of urea groups is 1. The maximum atomic E-state index is 12.8. The molecule has 1 atom stereocenters. The standard InChI is InChI=1S/C20H24N2O2/c1-14-7-9-17(13-15(14)2)21-20(24)22(11-12-23)19-10-8-16-5-3-4-6-18(16)19/h3-7,9,13,19,23H,8,10-12H2,1-2H3,(H,21,24). The van der Waals surface area contributed by atoms with Crippen LogP contribution in [0.15, 0.2) is 42.5 Å². The van der Waals surface area contributed by atoms with Crippen molar-refractivity contribution < 1.29 is 9.90 Å². The van der Waals surface area contributed by atoms with E-state index in [9.17, 15) is 9.90 Å². The molecule has 0 radical (unpaired) electrons. The van der Waals surface area contributed by atoms with Crippen molar-refractivity contribution in [2.24, 2.45) is 0 Å². The number of rotatable bonds is 4. The molecule has 4 nitrogen and oxygen atoms in total.